The Morgan fingerprint density at radius 3 is 2.60 bits per heavy atom. The fourth-order valence-corrected chi connectivity index (χ4v) is 5.77. The molecule has 0 saturated carbocycles. The first kappa shape index (κ1) is 23.0. The average molecular weight is 436 g/mol. The number of aliphatic carboxylic acids is 1. The zero-order valence-electron chi connectivity index (χ0n) is 17.4. The maximum atomic E-state index is 12.3. The molecule has 0 unspecified atom stereocenters. The third-order valence-electron chi connectivity index (χ3n) is 6.23. The lowest BCUT2D eigenvalue weighted by molar-refractivity contribution is -0.137. The molecular weight excluding hydrogens is 402 g/mol. The fraction of sp³-hybridized carbons (Fsp3) is 0.609. The predicted molar refractivity (Wildman–Crippen MR) is 117 cm³/mol. The van der Waals surface area contributed by atoms with Gasteiger partial charge in [-0.3, -0.25) is 4.79 Å². The third kappa shape index (κ3) is 6.93. The monoisotopic (exact) mass is 435 g/mol. The predicted octanol–water partition coefficient (Wildman–Crippen LogP) is 3.53. The van der Waals surface area contributed by atoms with Crippen LogP contribution in [0.1, 0.15) is 50.5 Å². The van der Waals surface area contributed by atoms with Crippen LogP contribution in [0.3, 0.4) is 0 Å². The number of ether oxygens (including phenoxy) is 1. The van der Waals surface area contributed by atoms with Gasteiger partial charge in [-0.15, -0.1) is 0 Å². The van der Waals surface area contributed by atoms with E-state index in [1.165, 1.54) is 0 Å². The molecule has 1 aromatic carbocycles. The minimum Gasteiger partial charge on any atom is -0.481 e. The molecule has 166 valence electrons. The number of carbonyl (C=O) groups is 1. The number of fused-ring (bicyclic) bond motifs is 2. The van der Waals surface area contributed by atoms with Crippen molar-refractivity contribution in [1.82, 2.24) is 4.72 Å². The van der Waals surface area contributed by atoms with Gasteiger partial charge in [0.15, 0.2) is 0 Å². The molecule has 0 amide bonds. The van der Waals surface area contributed by atoms with Crippen LogP contribution >= 0.6 is 0 Å². The van der Waals surface area contributed by atoms with E-state index >= 15 is 0 Å². The number of allylic oxidation sites excluding steroid dienone is 2. The van der Waals surface area contributed by atoms with E-state index in [1.54, 1.807) is 0 Å². The van der Waals surface area contributed by atoms with Gasteiger partial charge in [-0.1, -0.05) is 42.5 Å². The summed E-state index contributed by atoms with van der Waals surface area (Å²) in [5.74, 6) is 0.154. The van der Waals surface area contributed by atoms with E-state index < -0.39 is 16.0 Å². The lowest BCUT2D eigenvalue weighted by Gasteiger charge is -2.27. The largest absolute Gasteiger partial charge is 0.481 e. The first-order chi connectivity index (χ1) is 14.4. The number of carboxylic acids is 1. The Hall–Kier alpha value is -1.70. The highest BCUT2D eigenvalue weighted by Gasteiger charge is 2.47. The number of aryl methyl sites for hydroxylation is 1. The van der Waals surface area contributed by atoms with Crippen molar-refractivity contribution in [3.8, 4) is 0 Å². The highest BCUT2D eigenvalue weighted by molar-refractivity contribution is 7.89. The number of nitrogens with one attached hydrogen (secondary N) is 1. The van der Waals surface area contributed by atoms with Crippen molar-refractivity contribution in [3.05, 3.63) is 48.0 Å². The summed E-state index contributed by atoms with van der Waals surface area (Å²) in [5, 5.41) is 8.69. The Kier molecular flexibility index (Phi) is 8.48. The number of hydrogen-bond donors (Lipinski definition) is 2. The van der Waals surface area contributed by atoms with Crippen LogP contribution in [0.5, 0.6) is 0 Å². The highest BCUT2D eigenvalue weighted by Crippen LogP contribution is 2.46. The van der Waals surface area contributed by atoms with Crippen molar-refractivity contribution >= 4 is 16.0 Å². The first-order valence-electron chi connectivity index (χ1n) is 11.0. The summed E-state index contributed by atoms with van der Waals surface area (Å²) in [5.41, 5.74) is 1.03. The standard InChI is InChI=1S/C23H33NO5S/c25-23(26)11-7-2-1-6-10-19-20(22-13-12-21(19)29-22)14-16-24-30(27,28)17-15-18-8-4-3-5-9-18/h1,3-6,8-9,19-22,24H,2,7,10-17H2,(H,25,26)/b6-1-/t19-,20+,21-,22+/m1/s1. The molecule has 2 saturated heterocycles. The number of unbranched alkanes of at least 4 members (excludes halogenated alkanes) is 1. The lowest BCUT2D eigenvalue weighted by Crippen LogP contribution is -2.33. The van der Waals surface area contributed by atoms with Crippen molar-refractivity contribution in [3.63, 3.8) is 0 Å². The minimum atomic E-state index is -3.29. The Labute approximate surface area is 179 Å². The molecule has 2 heterocycles. The summed E-state index contributed by atoms with van der Waals surface area (Å²) in [6.45, 7) is 0.452. The number of carboxylic acid groups (broad SMARTS) is 1. The van der Waals surface area contributed by atoms with Gasteiger partial charge in [0.25, 0.3) is 0 Å². The second-order valence-corrected chi connectivity index (χ2v) is 10.3. The van der Waals surface area contributed by atoms with Gasteiger partial charge in [0.2, 0.25) is 10.0 Å². The molecule has 2 bridgehead atoms. The maximum absolute atomic E-state index is 12.3. The molecule has 0 aromatic heterocycles. The van der Waals surface area contributed by atoms with Crippen molar-refractivity contribution < 1.29 is 23.1 Å². The van der Waals surface area contributed by atoms with Crippen LogP contribution in [0.15, 0.2) is 42.5 Å². The summed E-state index contributed by atoms with van der Waals surface area (Å²) >= 11 is 0. The second-order valence-electron chi connectivity index (χ2n) is 8.35. The molecule has 0 spiro atoms. The summed E-state index contributed by atoms with van der Waals surface area (Å²) < 4.78 is 33.6. The number of rotatable bonds is 13. The Morgan fingerprint density at radius 1 is 1.13 bits per heavy atom. The SMILES string of the molecule is O=C(O)CCC/C=C\C[C@@H]1[C@H](CCNS(=O)(=O)CCc2ccccc2)[C@@H]2CC[C@H]1O2. The topological polar surface area (TPSA) is 92.7 Å². The molecule has 0 aliphatic carbocycles. The molecule has 3 rings (SSSR count). The number of benzene rings is 1. The van der Waals surface area contributed by atoms with E-state index in [0.717, 1.165) is 37.7 Å². The third-order valence-corrected chi connectivity index (χ3v) is 7.61. The highest BCUT2D eigenvalue weighted by atomic mass is 32.2. The van der Waals surface area contributed by atoms with Gasteiger partial charge < -0.3 is 9.84 Å². The van der Waals surface area contributed by atoms with E-state index in [-0.39, 0.29) is 24.4 Å². The normalized spacial score (nSPS) is 25.9. The number of hydrogen-bond acceptors (Lipinski definition) is 4. The van der Waals surface area contributed by atoms with E-state index in [2.05, 4.69) is 16.9 Å². The van der Waals surface area contributed by atoms with Crippen molar-refractivity contribution in [2.75, 3.05) is 12.3 Å². The zero-order valence-corrected chi connectivity index (χ0v) is 18.2. The minimum absolute atomic E-state index is 0.104. The van der Waals surface area contributed by atoms with Crippen LogP contribution < -0.4 is 4.72 Å². The molecule has 2 aliphatic rings. The Balaban J connectivity index is 1.41. The molecular formula is C23H33NO5S. The molecule has 30 heavy (non-hydrogen) atoms. The smallest absolute Gasteiger partial charge is 0.303 e. The van der Waals surface area contributed by atoms with Crippen molar-refractivity contribution in [2.24, 2.45) is 11.8 Å². The quantitative estimate of drug-likeness (QED) is 0.365. The van der Waals surface area contributed by atoms with Crippen molar-refractivity contribution in [1.29, 1.82) is 0 Å². The second kappa shape index (κ2) is 11.1. The molecule has 2 aliphatic heterocycles. The first-order valence-corrected chi connectivity index (χ1v) is 12.6. The molecule has 7 heteroatoms. The van der Waals surface area contributed by atoms with Gasteiger partial charge in [0, 0.05) is 13.0 Å². The lowest BCUT2D eigenvalue weighted by atomic mass is 9.76. The van der Waals surface area contributed by atoms with Crippen LogP contribution in [-0.4, -0.2) is 44.0 Å². The van der Waals surface area contributed by atoms with Crippen LogP contribution in [0.25, 0.3) is 0 Å². The van der Waals surface area contributed by atoms with Gasteiger partial charge in [-0.2, -0.15) is 0 Å². The van der Waals surface area contributed by atoms with Gasteiger partial charge in [0.1, 0.15) is 0 Å². The molecule has 4 atom stereocenters. The van der Waals surface area contributed by atoms with Crippen LogP contribution in [-0.2, 0) is 26.0 Å². The van der Waals surface area contributed by atoms with Gasteiger partial charge in [-0.05, 0) is 62.3 Å². The molecule has 2 N–H and O–H groups in total. The van der Waals surface area contributed by atoms with Gasteiger partial charge in [0.05, 0.1) is 18.0 Å². The summed E-state index contributed by atoms with van der Waals surface area (Å²) in [7, 11) is -3.29. The van der Waals surface area contributed by atoms with Crippen LogP contribution in [0, 0.1) is 11.8 Å². The molecule has 1 aromatic rings. The zero-order chi connectivity index (χ0) is 21.4. The average Bonchev–Trinajstić information content (AvgIpc) is 3.32. The fourth-order valence-electron chi connectivity index (χ4n) is 4.69. The molecule has 0 radical (unpaired) electrons. The maximum Gasteiger partial charge on any atom is 0.303 e. The van der Waals surface area contributed by atoms with E-state index in [0.29, 0.717) is 31.2 Å². The Morgan fingerprint density at radius 2 is 1.87 bits per heavy atom. The Bertz CT molecular complexity index is 808. The van der Waals surface area contributed by atoms with Crippen LogP contribution in [0.4, 0.5) is 0 Å². The summed E-state index contributed by atoms with van der Waals surface area (Å²) in [6, 6.07) is 9.66. The summed E-state index contributed by atoms with van der Waals surface area (Å²) in [6.07, 6.45) is 10.8. The molecule has 2 fully saturated rings. The van der Waals surface area contributed by atoms with E-state index in [1.807, 2.05) is 30.3 Å². The van der Waals surface area contributed by atoms with E-state index in [4.69, 9.17) is 9.84 Å². The van der Waals surface area contributed by atoms with Crippen LogP contribution in [0.2, 0.25) is 0 Å². The molecule has 6 nitrogen and oxygen atoms in total. The summed E-state index contributed by atoms with van der Waals surface area (Å²) in [4.78, 5) is 10.6. The number of sulfonamides is 1. The van der Waals surface area contributed by atoms with Gasteiger partial charge >= 0.3 is 5.97 Å². The van der Waals surface area contributed by atoms with Crippen molar-refractivity contribution in [2.45, 2.75) is 63.6 Å². The van der Waals surface area contributed by atoms with E-state index in [9.17, 15) is 13.2 Å². The van der Waals surface area contributed by atoms with Gasteiger partial charge in [-0.25, -0.2) is 13.1 Å².